The molecule has 6 heteroatoms. The number of rotatable bonds is 5. The zero-order valence-electron chi connectivity index (χ0n) is 16.3. The van der Waals surface area contributed by atoms with Gasteiger partial charge in [0.15, 0.2) is 0 Å². The molecule has 0 bridgehead atoms. The number of para-hydroxylation sites is 1. The molecule has 3 aromatic rings. The second-order valence-corrected chi connectivity index (χ2v) is 7.57. The molecule has 3 N–H and O–H groups in total. The van der Waals surface area contributed by atoms with Gasteiger partial charge in [-0.15, -0.1) is 0 Å². The number of amides is 1. The highest BCUT2D eigenvalue weighted by Gasteiger charge is 2.36. The molecule has 0 unspecified atom stereocenters. The SMILES string of the molecule is COc1ccc([C@@H](NC(=O)c2cccc3c(C)c(C)[nH]c23)C2CC(O)C2)cn1. The molecule has 2 heterocycles. The van der Waals surface area contributed by atoms with Gasteiger partial charge in [-0.05, 0) is 49.8 Å². The van der Waals surface area contributed by atoms with Crippen LogP contribution in [0.4, 0.5) is 0 Å². The first kappa shape index (κ1) is 18.5. The van der Waals surface area contributed by atoms with E-state index in [1.165, 1.54) is 0 Å². The van der Waals surface area contributed by atoms with E-state index in [1.54, 1.807) is 19.4 Å². The van der Waals surface area contributed by atoms with Gasteiger partial charge < -0.3 is 20.1 Å². The summed E-state index contributed by atoms with van der Waals surface area (Å²) in [4.78, 5) is 20.8. The summed E-state index contributed by atoms with van der Waals surface area (Å²) in [5, 5.41) is 14.0. The van der Waals surface area contributed by atoms with Crippen molar-refractivity contribution in [2.24, 2.45) is 5.92 Å². The lowest BCUT2D eigenvalue weighted by Crippen LogP contribution is -2.41. The lowest BCUT2D eigenvalue weighted by molar-refractivity contribution is 0.0235. The molecule has 1 saturated carbocycles. The number of aromatic amines is 1. The lowest BCUT2D eigenvalue weighted by Gasteiger charge is -2.38. The van der Waals surface area contributed by atoms with E-state index >= 15 is 0 Å². The van der Waals surface area contributed by atoms with Crippen molar-refractivity contribution < 1.29 is 14.6 Å². The van der Waals surface area contributed by atoms with Gasteiger partial charge in [0.2, 0.25) is 5.88 Å². The number of benzene rings is 1. The molecule has 1 aliphatic carbocycles. The maximum atomic E-state index is 13.2. The fourth-order valence-corrected chi connectivity index (χ4v) is 3.96. The molecule has 146 valence electrons. The Labute approximate surface area is 163 Å². The summed E-state index contributed by atoms with van der Waals surface area (Å²) in [5.41, 5.74) is 4.61. The standard InChI is InChI=1S/C22H25N3O3/c1-12-13(2)24-21-17(12)5-4-6-18(21)22(27)25-20(15-9-16(26)10-15)14-7-8-19(28-3)23-11-14/h4-8,11,15-16,20,24,26H,9-10H2,1-3H3,(H,25,27)/t15?,16?,20-/m1/s1. The van der Waals surface area contributed by atoms with Crippen molar-refractivity contribution in [2.45, 2.75) is 38.8 Å². The van der Waals surface area contributed by atoms with E-state index in [1.807, 2.05) is 31.2 Å². The number of hydrogen-bond acceptors (Lipinski definition) is 4. The third-order valence-electron chi connectivity index (χ3n) is 5.82. The molecular formula is C22H25N3O3. The van der Waals surface area contributed by atoms with Gasteiger partial charge in [0.1, 0.15) is 0 Å². The number of H-pyrrole nitrogens is 1. The van der Waals surface area contributed by atoms with Crippen LogP contribution >= 0.6 is 0 Å². The van der Waals surface area contributed by atoms with Gasteiger partial charge in [-0.2, -0.15) is 0 Å². The van der Waals surface area contributed by atoms with Gasteiger partial charge in [0.05, 0.1) is 30.3 Å². The summed E-state index contributed by atoms with van der Waals surface area (Å²) in [6.45, 7) is 4.07. The maximum absolute atomic E-state index is 13.2. The minimum Gasteiger partial charge on any atom is -0.481 e. The highest BCUT2D eigenvalue weighted by Crippen LogP contribution is 2.38. The molecule has 6 nitrogen and oxygen atoms in total. The number of carbonyl (C=O) groups is 1. The van der Waals surface area contributed by atoms with Crippen molar-refractivity contribution in [1.82, 2.24) is 15.3 Å². The summed E-state index contributed by atoms with van der Waals surface area (Å²) in [7, 11) is 1.57. The number of aromatic nitrogens is 2. The number of nitrogens with zero attached hydrogens (tertiary/aromatic N) is 1. The fraction of sp³-hybridized carbons (Fsp3) is 0.364. The maximum Gasteiger partial charge on any atom is 0.253 e. The van der Waals surface area contributed by atoms with Gasteiger partial charge in [0, 0.05) is 23.3 Å². The predicted octanol–water partition coefficient (Wildman–Crippen LogP) is 3.43. The normalized spacial score (nSPS) is 19.9. The van der Waals surface area contributed by atoms with Crippen LogP contribution in [0.3, 0.4) is 0 Å². The van der Waals surface area contributed by atoms with E-state index in [2.05, 4.69) is 22.2 Å². The fourth-order valence-electron chi connectivity index (χ4n) is 3.96. The minimum absolute atomic E-state index is 0.131. The number of aryl methyl sites for hydroxylation is 2. The second kappa shape index (κ2) is 7.28. The number of nitrogens with one attached hydrogen (secondary N) is 2. The zero-order valence-corrected chi connectivity index (χ0v) is 16.3. The molecule has 28 heavy (non-hydrogen) atoms. The Morgan fingerprint density at radius 2 is 2.07 bits per heavy atom. The van der Waals surface area contributed by atoms with Gasteiger partial charge >= 0.3 is 0 Å². The van der Waals surface area contributed by atoms with E-state index in [-0.39, 0.29) is 24.0 Å². The van der Waals surface area contributed by atoms with Gasteiger partial charge in [-0.3, -0.25) is 4.79 Å². The zero-order chi connectivity index (χ0) is 19.8. The van der Waals surface area contributed by atoms with Crippen LogP contribution in [0.2, 0.25) is 0 Å². The monoisotopic (exact) mass is 379 g/mol. The van der Waals surface area contributed by atoms with Crippen LogP contribution in [0.25, 0.3) is 10.9 Å². The van der Waals surface area contributed by atoms with Crippen LogP contribution in [0.15, 0.2) is 36.5 Å². The van der Waals surface area contributed by atoms with Crippen LogP contribution in [0.1, 0.15) is 46.1 Å². The Hall–Kier alpha value is -2.86. The molecule has 0 radical (unpaired) electrons. The first-order valence-corrected chi connectivity index (χ1v) is 9.54. The number of aliphatic hydroxyl groups is 1. The minimum atomic E-state index is -0.298. The van der Waals surface area contributed by atoms with Gasteiger partial charge in [-0.1, -0.05) is 18.2 Å². The lowest BCUT2D eigenvalue weighted by atomic mass is 9.75. The molecule has 0 spiro atoms. The van der Waals surface area contributed by atoms with Crippen LogP contribution in [-0.4, -0.2) is 34.2 Å². The topological polar surface area (TPSA) is 87.2 Å². The van der Waals surface area contributed by atoms with Crippen molar-refractivity contribution in [3.63, 3.8) is 0 Å². The van der Waals surface area contributed by atoms with Crippen molar-refractivity contribution in [3.8, 4) is 5.88 Å². The van der Waals surface area contributed by atoms with Crippen molar-refractivity contribution >= 4 is 16.8 Å². The summed E-state index contributed by atoms with van der Waals surface area (Å²) < 4.78 is 5.14. The average molecular weight is 379 g/mol. The number of pyridine rings is 1. The molecule has 1 amide bonds. The van der Waals surface area contributed by atoms with E-state index in [0.717, 1.165) is 27.7 Å². The molecule has 1 fully saturated rings. The summed E-state index contributed by atoms with van der Waals surface area (Å²) >= 11 is 0. The third-order valence-corrected chi connectivity index (χ3v) is 5.82. The van der Waals surface area contributed by atoms with Crippen molar-refractivity contribution in [2.75, 3.05) is 7.11 Å². The van der Waals surface area contributed by atoms with Gasteiger partial charge in [0.25, 0.3) is 5.91 Å². The van der Waals surface area contributed by atoms with Gasteiger partial charge in [-0.25, -0.2) is 4.98 Å². The van der Waals surface area contributed by atoms with E-state index < -0.39 is 0 Å². The number of aliphatic hydroxyl groups excluding tert-OH is 1. The average Bonchev–Trinajstić information content (AvgIpc) is 2.98. The highest BCUT2D eigenvalue weighted by molar-refractivity contribution is 6.06. The number of methoxy groups -OCH3 is 1. The summed E-state index contributed by atoms with van der Waals surface area (Å²) in [5.74, 6) is 0.582. The quantitative estimate of drug-likeness (QED) is 0.634. The molecule has 0 saturated heterocycles. The predicted molar refractivity (Wildman–Crippen MR) is 107 cm³/mol. The molecule has 4 rings (SSSR count). The smallest absolute Gasteiger partial charge is 0.253 e. The van der Waals surface area contributed by atoms with Crippen LogP contribution in [0.5, 0.6) is 5.88 Å². The van der Waals surface area contributed by atoms with E-state index in [9.17, 15) is 9.90 Å². The summed E-state index contributed by atoms with van der Waals surface area (Å²) in [6, 6.07) is 9.29. The number of fused-ring (bicyclic) bond motifs is 1. The number of hydrogen-bond donors (Lipinski definition) is 3. The Morgan fingerprint density at radius 3 is 2.71 bits per heavy atom. The largest absolute Gasteiger partial charge is 0.481 e. The summed E-state index contributed by atoms with van der Waals surface area (Å²) in [6.07, 6.45) is 2.77. The Balaban J connectivity index is 1.65. The Morgan fingerprint density at radius 1 is 1.29 bits per heavy atom. The van der Waals surface area contributed by atoms with Crippen LogP contribution in [-0.2, 0) is 0 Å². The highest BCUT2D eigenvalue weighted by atomic mass is 16.5. The molecule has 0 aliphatic heterocycles. The van der Waals surface area contributed by atoms with E-state index in [0.29, 0.717) is 24.3 Å². The Kier molecular flexibility index (Phi) is 4.81. The van der Waals surface area contributed by atoms with Crippen LogP contribution < -0.4 is 10.1 Å². The number of carbonyl (C=O) groups excluding carboxylic acids is 1. The Bertz CT molecular complexity index is 1000. The van der Waals surface area contributed by atoms with Crippen molar-refractivity contribution in [3.05, 3.63) is 58.9 Å². The molecule has 1 atom stereocenters. The number of ether oxygens (including phenoxy) is 1. The molecular weight excluding hydrogens is 354 g/mol. The first-order valence-electron chi connectivity index (χ1n) is 9.54. The van der Waals surface area contributed by atoms with Crippen LogP contribution in [0, 0.1) is 19.8 Å². The first-order chi connectivity index (χ1) is 13.5. The second-order valence-electron chi connectivity index (χ2n) is 7.57. The molecule has 2 aromatic heterocycles. The molecule has 1 aromatic carbocycles. The third kappa shape index (κ3) is 3.24. The molecule has 1 aliphatic rings. The van der Waals surface area contributed by atoms with E-state index in [4.69, 9.17) is 4.74 Å². The van der Waals surface area contributed by atoms with Crippen molar-refractivity contribution in [1.29, 1.82) is 0 Å².